The Bertz CT molecular complexity index is 586. The maximum Gasteiger partial charge on any atom is 0.127 e. The molecule has 0 saturated heterocycles. The lowest BCUT2D eigenvalue weighted by Crippen LogP contribution is -1.93. The van der Waals surface area contributed by atoms with Gasteiger partial charge in [-0.3, -0.25) is 0 Å². The first-order chi connectivity index (χ1) is 8.52. The van der Waals surface area contributed by atoms with Crippen LogP contribution in [-0.4, -0.2) is 12.2 Å². The summed E-state index contributed by atoms with van der Waals surface area (Å²) in [6, 6.07) is 9.80. The molecule has 0 amide bonds. The van der Waals surface area contributed by atoms with Crippen molar-refractivity contribution in [2.45, 2.75) is 20.8 Å². The van der Waals surface area contributed by atoms with E-state index >= 15 is 0 Å². The summed E-state index contributed by atoms with van der Waals surface area (Å²) in [5, 5.41) is 9.60. The van der Waals surface area contributed by atoms with E-state index in [1.807, 2.05) is 25.1 Å². The van der Waals surface area contributed by atoms with Crippen LogP contribution < -0.4 is 4.74 Å². The van der Waals surface area contributed by atoms with Gasteiger partial charge in [0.05, 0.1) is 7.11 Å². The highest BCUT2D eigenvalue weighted by Crippen LogP contribution is 2.35. The van der Waals surface area contributed by atoms with E-state index in [0.717, 1.165) is 22.4 Å². The molecular weight excluding hydrogens is 224 g/mol. The zero-order valence-electron chi connectivity index (χ0n) is 11.2. The SMILES string of the molecule is COc1cc(C)cc(C)c1-c1ccc(O)c(C)c1. The molecule has 0 unspecified atom stereocenters. The predicted octanol–water partition coefficient (Wildman–Crippen LogP) is 3.99. The van der Waals surface area contributed by atoms with Crippen LogP contribution in [0.1, 0.15) is 16.7 Å². The summed E-state index contributed by atoms with van der Waals surface area (Å²) in [6.07, 6.45) is 0. The number of rotatable bonds is 2. The maximum atomic E-state index is 9.60. The van der Waals surface area contributed by atoms with Gasteiger partial charge in [0.1, 0.15) is 11.5 Å². The van der Waals surface area contributed by atoms with Crippen LogP contribution in [0, 0.1) is 20.8 Å². The molecule has 2 nitrogen and oxygen atoms in total. The summed E-state index contributed by atoms with van der Waals surface area (Å²) in [6.45, 7) is 6.03. The van der Waals surface area contributed by atoms with Crippen molar-refractivity contribution in [1.29, 1.82) is 0 Å². The molecule has 2 aromatic rings. The summed E-state index contributed by atoms with van der Waals surface area (Å²) < 4.78 is 5.47. The Morgan fingerprint density at radius 2 is 1.67 bits per heavy atom. The number of benzene rings is 2. The molecule has 0 aromatic heterocycles. The maximum absolute atomic E-state index is 9.60. The molecule has 2 rings (SSSR count). The molecule has 1 N–H and O–H groups in total. The third-order valence-corrected chi connectivity index (χ3v) is 3.15. The van der Waals surface area contributed by atoms with Crippen LogP contribution in [0.25, 0.3) is 11.1 Å². The highest BCUT2D eigenvalue weighted by Gasteiger charge is 2.11. The lowest BCUT2D eigenvalue weighted by atomic mass is 9.96. The Morgan fingerprint density at radius 3 is 2.28 bits per heavy atom. The van der Waals surface area contributed by atoms with Crippen molar-refractivity contribution in [3.8, 4) is 22.6 Å². The van der Waals surface area contributed by atoms with Crippen molar-refractivity contribution < 1.29 is 9.84 Å². The number of aryl methyl sites for hydroxylation is 3. The number of aromatic hydroxyl groups is 1. The van der Waals surface area contributed by atoms with Crippen molar-refractivity contribution in [3.63, 3.8) is 0 Å². The smallest absolute Gasteiger partial charge is 0.127 e. The largest absolute Gasteiger partial charge is 0.508 e. The van der Waals surface area contributed by atoms with Crippen LogP contribution >= 0.6 is 0 Å². The van der Waals surface area contributed by atoms with Gasteiger partial charge in [0, 0.05) is 5.56 Å². The van der Waals surface area contributed by atoms with E-state index in [1.54, 1.807) is 13.2 Å². The van der Waals surface area contributed by atoms with Crippen molar-refractivity contribution in [2.24, 2.45) is 0 Å². The van der Waals surface area contributed by atoms with Gasteiger partial charge in [-0.2, -0.15) is 0 Å². The van der Waals surface area contributed by atoms with Gasteiger partial charge in [-0.15, -0.1) is 0 Å². The first kappa shape index (κ1) is 12.5. The third kappa shape index (κ3) is 2.19. The highest BCUT2D eigenvalue weighted by atomic mass is 16.5. The van der Waals surface area contributed by atoms with Crippen LogP contribution in [0.15, 0.2) is 30.3 Å². The normalized spacial score (nSPS) is 10.4. The van der Waals surface area contributed by atoms with Gasteiger partial charge in [0.2, 0.25) is 0 Å². The second-order valence-corrected chi connectivity index (χ2v) is 4.66. The Labute approximate surface area is 108 Å². The number of phenols is 1. The average Bonchev–Trinajstić information content (AvgIpc) is 2.32. The number of methoxy groups -OCH3 is 1. The van der Waals surface area contributed by atoms with Crippen LogP contribution in [-0.2, 0) is 0 Å². The fourth-order valence-electron chi connectivity index (χ4n) is 2.27. The average molecular weight is 242 g/mol. The summed E-state index contributed by atoms with van der Waals surface area (Å²) in [5.74, 6) is 1.19. The predicted molar refractivity (Wildman–Crippen MR) is 74.3 cm³/mol. The summed E-state index contributed by atoms with van der Waals surface area (Å²) >= 11 is 0. The Kier molecular flexibility index (Phi) is 3.28. The van der Waals surface area contributed by atoms with Crippen molar-refractivity contribution in [3.05, 3.63) is 47.0 Å². The first-order valence-electron chi connectivity index (χ1n) is 5.98. The topological polar surface area (TPSA) is 29.5 Å². The van der Waals surface area contributed by atoms with E-state index in [1.165, 1.54) is 11.1 Å². The van der Waals surface area contributed by atoms with E-state index in [-0.39, 0.29) is 0 Å². The minimum atomic E-state index is 0.322. The summed E-state index contributed by atoms with van der Waals surface area (Å²) in [4.78, 5) is 0. The molecule has 0 heterocycles. The third-order valence-electron chi connectivity index (χ3n) is 3.15. The van der Waals surface area contributed by atoms with Crippen LogP contribution in [0.4, 0.5) is 0 Å². The minimum absolute atomic E-state index is 0.322. The van der Waals surface area contributed by atoms with Gasteiger partial charge < -0.3 is 9.84 Å². The molecule has 0 aliphatic rings. The Hall–Kier alpha value is -1.96. The van der Waals surface area contributed by atoms with Crippen molar-refractivity contribution in [1.82, 2.24) is 0 Å². The Balaban J connectivity index is 2.66. The van der Waals surface area contributed by atoms with E-state index in [4.69, 9.17) is 4.74 Å². The lowest BCUT2D eigenvalue weighted by molar-refractivity contribution is 0.416. The molecule has 0 saturated carbocycles. The second kappa shape index (κ2) is 4.73. The molecular formula is C16H18O2. The zero-order valence-corrected chi connectivity index (χ0v) is 11.2. The molecule has 0 aliphatic carbocycles. The highest BCUT2D eigenvalue weighted by molar-refractivity contribution is 5.75. The van der Waals surface area contributed by atoms with E-state index < -0.39 is 0 Å². The molecule has 18 heavy (non-hydrogen) atoms. The molecule has 94 valence electrons. The fraction of sp³-hybridized carbons (Fsp3) is 0.250. The molecule has 2 heteroatoms. The summed E-state index contributed by atoms with van der Waals surface area (Å²) in [7, 11) is 1.69. The van der Waals surface area contributed by atoms with Gasteiger partial charge in [-0.25, -0.2) is 0 Å². The van der Waals surface area contributed by atoms with E-state index in [9.17, 15) is 5.11 Å². The van der Waals surface area contributed by atoms with Crippen LogP contribution in [0.3, 0.4) is 0 Å². The van der Waals surface area contributed by atoms with Gasteiger partial charge in [0.15, 0.2) is 0 Å². The van der Waals surface area contributed by atoms with Crippen LogP contribution in [0.5, 0.6) is 11.5 Å². The quantitative estimate of drug-likeness (QED) is 0.862. The zero-order chi connectivity index (χ0) is 13.3. The first-order valence-corrected chi connectivity index (χ1v) is 5.98. The van der Waals surface area contributed by atoms with Gasteiger partial charge >= 0.3 is 0 Å². The molecule has 0 fully saturated rings. The number of hydrogen-bond donors (Lipinski definition) is 1. The molecule has 2 aromatic carbocycles. The summed E-state index contributed by atoms with van der Waals surface area (Å²) in [5.41, 5.74) is 5.39. The second-order valence-electron chi connectivity index (χ2n) is 4.66. The molecule has 0 radical (unpaired) electrons. The van der Waals surface area contributed by atoms with E-state index in [2.05, 4.69) is 19.9 Å². The van der Waals surface area contributed by atoms with E-state index in [0.29, 0.717) is 5.75 Å². The van der Waals surface area contributed by atoms with Gasteiger partial charge in [0.25, 0.3) is 0 Å². The van der Waals surface area contributed by atoms with Crippen molar-refractivity contribution in [2.75, 3.05) is 7.11 Å². The van der Waals surface area contributed by atoms with Crippen LogP contribution in [0.2, 0.25) is 0 Å². The molecule has 0 atom stereocenters. The Morgan fingerprint density at radius 1 is 0.944 bits per heavy atom. The van der Waals surface area contributed by atoms with Crippen molar-refractivity contribution >= 4 is 0 Å². The fourth-order valence-corrected chi connectivity index (χ4v) is 2.27. The number of hydrogen-bond acceptors (Lipinski definition) is 2. The number of ether oxygens (including phenoxy) is 1. The molecule has 0 spiro atoms. The standard InChI is InChI=1S/C16H18O2/c1-10-7-12(3)16(15(8-10)18-4)13-5-6-14(17)11(2)9-13/h5-9,17H,1-4H3. The monoisotopic (exact) mass is 242 g/mol. The molecule has 0 bridgehead atoms. The number of phenolic OH excluding ortho intramolecular Hbond substituents is 1. The minimum Gasteiger partial charge on any atom is -0.508 e. The van der Waals surface area contributed by atoms with Gasteiger partial charge in [-0.05, 0) is 61.2 Å². The lowest BCUT2D eigenvalue weighted by Gasteiger charge is -2.14. The van der Waals surface area contributed by atoms with Gasteiger partial charge in [-0.1, -0.05) is 12.1 Å². The molecule has 0 aliphatic heterocycles.